The Morgan fingerprint density at radius 2 is 1.88 bits per heavy atom. The van der Waals surface area contributed by atoms with Gasteiger partial charge in [0.15, 0.2) is 0 Å². The summed E-state index contributed by atoms with van der Waals surface area (Å²) < 4.78 is 10.0. The summed E-state index contributed by atoms with van der Waals surface area (Å²) in [5.41, 5.74) is 0. The zero-order valence-electron chi connectivity index (χ0n) is 11.2. The third-order valence-corrected chi connectivity index (χ3v) is 2.01. The monoisotopic (exact) mass is 245 g/mol. The van der Waals surface area contributed by atoms with E-state index in [0.717, 1.165) is 6.42 Å². The third kappa shape index (κ3) is 7.74. The van der Waals surface area contributed by atoms with Gasteiger partial charge in [0.05, 0.1) is 12.7 Å². The van der Waals surface area contributed by atoms with E-state index in [9.17, 15) is 9.59 Å². The number of nitrogens with zero attached hydrogens (tertiary/aromatic N) is 1. The number of hydrogen-bond donors (Lipinski definition) is 0. The predicted octanol–water partition coefficient (Wildman–Crippen LogP) is 1.21. The lowest BCUT2D eigenvalue weighted by Crippen LogP contribution is -2.39. The first-order valence-corrected chi connectivity index (χ1v) is 6.06. The van der Waals surface area contributed by atoms with Gasteiger partial charge in [-0.3, -0.25) is 9.59 Å². The molecular weight excluding hydrogens is 222 g/mol. The van der Waals surface area contributed by atoms with Crippen molar-refractivity contribution >= 4 is 11.9 Å². The molecule has 0 saturated carbocycles. The van der Waals surface area contributed by atoms with Crippen molar-refractivity contribution in [2.45, 2.75) is 40.2 Å². The van der Waals surface area contributed by atoms with Crippen LogP contribution in [0, 0.1) is 0 Å². The van der Waals surface area contributed by atoms with Gasteiger partial charge in [-0.1, -0.05) is 6.92 Å². The predicted molar refractivity (Wildman–Crippen MR) is 64.6 cm³/mol. The fourth-order valence-electron chi connectivity index (χ4n) is 1.25. The molecule has 0 spiro atoms. The lowest BCUT2D eigenvalue weighted by molar-refractivity contribution is -0.150. The van der Waals surface area contributed by atoms with Gasteiger partial charge in [0.25, 0.3) is 0 Å². The maximum absolute atomic E-state index is 11.8. The molecule has 0 aromatic heterocycles. The number of hydrogen-bond acceptors (Lipinski definition) is 4. The van der Waals surface area contributed by atoms with Crippen molar-refractivity contribution < 1.29 is 19.1 Å². The van der Waals surface area contributed by atoms with Gasteiger partial charge in [0.2, 0.25) is 5.91 Å². The van der Waals surface area contributed by atoms with E-state index in [2.05, 4.69) is 0 Å². The van der Waals surface area contributed by atoms with Crippen molar-refractivity contribution in [3.8, 4) is 0 Å². The summed E-state index contributed by atoms with van der Waals surface area (Å²) in [5, 5.41) is 0. The van der Waals surface area contributed by atoms with Crippen LogP contribution in [0.1, 0.15) is 34.1 Å². The Morgan fingerprint density at radius 3 is 2.35 bits per heavy atom. The minimum atomic E-state index is -0.376. The standard InChI is InChI=1S/C12H23NO4/c1-5-7-13(8-12(15)16-6-2)11(14)9-17-10(3)4/h10H,5-9H2,1-4H3. The summed E-state index contributed by atoms with van der Waals surface area (Å²) in [6.07, 6.45) is 0.803. The average molecular weight is 245 g/mol. The van der Waals surface area contributed by atoms with E-state index in [4.69, 9.17) is 9.47 Å². The van der Waals surface area contributed by atoms with Gasteiger partial charge in [0, 0.05) is 6.54 Å². The molecule has 0 unspecified atom stereocenters. The highest BCUT2D eigenvalue weighted by Crippen LogP contribution is 1.97. The SMILES string of the molecule is CCCN(CC(=O)OCC)C(=O)COC(C)C. The number of carbonyl (C=O) groups excluding carboxylic acids is 2. The highest BCUT2D eigenvalue weighted by atomic mass is 16.5. The Bertz CT molecular complexity index is 241. The molecule has 5 heteroatoms. The molecule has 0 aliphatic heterocycles. The normalized spacial score (nSPS) is 10.4. The zero-order chi connectivity index (χ0) is 13.3. The highest BCUT2D eigenvalue weighted by molar-refractivity contribution is 5.82. The van der Waals surface area contributed by atoms with Gasteiger partial charge < -0.3 is 14.4 Å². The first kappa shape index (κ1) is 15.9. The molecule has 5 nitrogen and oxygen atoms in total. The van der Waals surface area contributed by atoms with E-state index in [-0.39, 0.29) is 31.1 Å². The minimum absolute atomic E-state index is 0.00195. The summed E-state index contributed by atoms with van der Waals surface area (Å²) in [5.74, 6) is -0.549. The molecule has 0 heterocycles. The molecule has 0 aliphatic carbocycles. The van der Waals surface area contributed by atoms with Crippen molar-refractivity contribution in [3.05, 3.63) is 0 Å². The fraction of sp³-hybridized carbons (Fsp3) is 0.833. The summed E-state index contributed by atoms with van der Waals surface area (Å²) in [6, 6.07) is 0. The Morgan fingerprint density at radius 1 is 1.24 bits per heavy atom. The van der Waals surface area contributed by atoms with Crippen LogP contribution in [0.25, 0.3) is 0 Å². The zero-order valence-corrected chi connectivity index (χ0v) is 11.2. The van der Waals surface area contributed by atoms with E-state index in [0.29, 0.717) is 13.2 Å². The van der Waals surface area contributed by atoms with Crippen LogP contribution in [0.2, 0.25) is 0 Å². The molecule has 0 bridgehead atoms. The summed E-state index contributed by atoms with van der Waals surface area (Å²) in [7, 11) is 0. The van der Waals surface area contributed by atoms with Crippen LogP contribution in [0.3, 0.4) is 0 Å². The molecule has 0 aliphatic rings. The van der Waals surface area contributed by atoms with E-state index in [1.165, 1.54) is 4.90 Å². The van der Waals surface area contributed by atoms with Crippen LogP contribution in [-0.2, 0) is 19.1 Å². The Labute approximate surface area is 103 Å². The van der Waals surface area contributed by atoms with Crippen molar-refractivity contribution in [1.82, 2.24) is 4.90 Å². The van der Waals surface area contributed by atoms with Crippen molar-refractivity contribution in [1.29, 1.82) is 0 Å². The summed E-state index contributed by atoms with van der Waals surface area (Å²) in [6.45, 7) is 8.31. The largest absolute Gasteiger partial charge is 0.465 e. The molecule has 0 rings (SSSR count). The van der Waals surface area contributed by atoms with Crippen LogP contribution >= 0.6 is 0 Å². The van der Waals surface area contributed by atoms with Gasteiger partial charge in [0.1, 0.15) is 13.2 Å². The minimum Gasteiger partial charge on any atom is -0.465 e. The molecule has 0 aromatic carbocycles. The molecule has 0 saturated heterocycles. The van der Waals surface area contributed by atoms with Crippen LogP contribution < -0.4 is 0 Å². The van der Waals surface area contributed by atoms with E-state index in [1.807, 2.05) is 20.8 Å². The second-order valence-electron chi connectivity index (χ2n) is 3.98. The van der Waals surface area contributed by atoms with Gasteiger partial charge in [-0.2, -0.15) is 0 Å². The smallest absolute Gasteiger partial charge is 0.325 e. The quantitative estimate of drug-likeness (QED) is 0.603. The number of esters is 1. The molecule has 0 N–H and O–H groups in total. The highest BCUT2D eigenvalue weighted by Gasteiger charge is 2.17. The topological polar surface area (TPSA) is 55.8 Å². The number of ether oxygens (including phenoxy) is 2. The maximum atomic E-state index is 11.8. The molecule has 1 amide bonds. The Kier molecular flexibility index (Phi) is 8.40. The number of carbonyl (C=O) groups is 2. The molecule has 17 heavy (non-hydrogen) atoms. The first-order chi connectivity index (χ1) is 8.01. The van der Waals surface area contributed by atoms with Gasteiger partial charge in [-0.15, -0.1) is 0 Å². The first-order valence-electron chi connectivity index (χ1n) is 6.06. The maximum Gasteiger partial charge on any atom is 0.325 e. The van der Waals surface area contributed by atoms with Crippen LogP contribution in [0.15, 0.2) is 0 Å². The molecule has 0 aromatic rings. The van der Waals surface area contributed by atoms with Crippen molar-refractivity contribution in [2.24, 2.45) is 0 Å². The second kappa shape index (κ2) is 8.98. The molecule has 100 valence electrons. The van der Waals surface area contributed by atoms with Crippen molar-refractivity contribution in [3.63, 3.8) is 0 Å². The molecule has 0 fully saturated rings. The van der Waals surface area contributed by atoms with Crippen LogP contribution in [0.5, 0.6) is 0 Å². The summed E-state index contributed by atoms with van der Waals surface area (Å²) in [4.78, 5) is 24.6. The second-order valence-corrected chi connectivity index (χ2v) is 3.98. The van der Waals surface area contributed by atoms with E-state index < -0.39 is 0 Å². The lowest BCUT2D eigenvalue weighted by atomic mass is 10.4. The van der Waals surface area contributed by atoms with Crippen LogP contribution in [0.4, 0.5) is 0 Å². The van der Waals surface area contributed by atoms with E-state index >= 15 is 0 Å². The van der Waals surface area contributed by atoms with Crippen molar-refractivity contribution in [2.75, 3.05) is 26.3 Å². The summed E-state index contributed by atoms with van der Waals surface area (Å²) >= 11 is 0. The molecular formula is C12H23NO4. The Balaban J connectivity index is 4.20. The van der Waals surface area contributed by atoms with Gasteiger partial charge >= 0.3 is 5.97 Å². The van der Waals surface area contributed by atoms with Gasteiger partial charge in [-0.05, 0) is 27.2 Å². The number of amides is 1. The fourth-order valence-corrected chi connectivity index (χ4v) is 1.25. The third-order valence-electron chi connectivity index (χ3n) is 2.01. The average Bonchev–Trinajstić information content (AvgIpc) is 2.25. The van der Waals surface area contributed by atoms with Crippen LogP contribution in [-0.4, -0.2) is 49.2 Å². The molecule has 0 atom stereocenters. The van der Waals surface area contributed by atoms with Gasteiger partial charge in [-0.25, -0.2) is 0 Å². The number of rotatable bonds is 8. The molecule has 0 radical (unpaired) electrons. The lowest BCUT2D eigenvalue weighted by Gasteiger charge is -2.21. The Hall–Kier alpha value is -1.10. The van der Waals surface area contributed by atoms with E-state index in [1.54, 1.807) is 6.92 Å².